The van der Waals surface area contributed by atoms with Crippen molar-refractivity contribution in [2.75, 3.05) is 19.6 Å². The molecule has 1 N–H and O–H groups in total. The molecule has 0 radical (unpaired) electrons. The van der Waals surface area contributed by atoms with Crippen molar-refractivity contribution >= 4 is 27.5 Å². The van der Waals surface area contributed by atoms with E-state index in [1.54, 1.807) is 23.1 Å². The lowest BCUT2D eigenvalue weighted by atomic mass is 10.2. The highest BCUT2D eigenvalue weighted by Gasteiger charge is 2.16. The minimum atomic E-state index is -3.62. The van der Waals surface area contributed by atoms with E-state index in [0.29, 0.717) is 30.1 Å². The van der Waals surface area contributed by atoms with Gasteiger partial charge in [-0.1, -0.05) is 23.7 Å². The molecule has 26 heavy (non-hydrogen) atoms. The van der Waals surface area contributed by atoms with Crippen molar-refractivity contribution in [2.24, 2.45) is 0 Å². The molecule has 0 aliphatic carbocycles. The fourth-order valence-corrected chi connectivity index (χ4v) is 3.82. The van der Waals surface area contributed by atoms with Crippen molar-refractivity contribution in [1.82, 2.24) is 9.62 Å². The Labute approximate surface area is 160 Å². The number of nitrogens with one attached hydrogen (secondary N) is 1. The number of nitrogens with zero attached hydrogens (tertiary/aromatic N) is 1. The maximum absolute atomic E-state index is 12.4. The third-order valence-corrected chi connectivity index (χ3v) is 5.77. The molecule has 0 aromatic heterocycles. The SMILES string of the molecule is CCN(CC)C(=O)c1ccc(S(=O)(=O)NCCc2cccc(Cl)c2)cc1. The lowest BCUT2D eigenvalue weighted by molar-refractivity contribution is 0.0773. The maximum Gasteiger partial charge on any atom is 0.253 e. The van der Waals surface area contributed by atoms with E-state index >= 15 is 0 Å². The Balaban J connectivity index is 2.01. The Morgan fingerprint density at radius 3 is 2.31 bits per heavy atom. The monoisotopic (exact) mass is 394 g/mol. The normalized spacial score (nSPS) is 11.3. The van der Waals surface area contributed by atoms with Gasteiger partial charge in [0, 0.05) is 30.2 Å². The maximum atomic E-state index is 12.4. The van der Waals surface area contributed by atoms with Crippen LogP contribution in [0.5, 0.6) is 0 Å². The second kappa shape index (κ2) is 9.16. The first kappa shape index (κ1) is 20.4. The number of halogens is 1. The van der Waals surface area contributed by atoms with Crippen LogP contribution in [0.3, 0.4) is 0 Å². The quantitative estimate of drug-likeness (QED) is 0.746. The van der Waals surface area contributed by atoms with E-state index in [9.17, 15) is 13.2 Å². The van der Waals surface area contributed by atoms with Crippen molar-refractivity contribution < 1.29 is 13.2 Å². The average Bonchev–Trinajstić information content (AvgIpc) is 2.62. The predicted molar refractivity (Wildman–Crippen MR) is 104 cm³/mol. The first-order chi connectivity index (χ1) is 12.4. The summed E-state index contributed by atoms with van der Waals surface area (Å²) in [6.07, 6.45) is 0.540. The van der Waals surface area contributed by atoms with Crippen LogP contribution in [0.25, 0.3) is 0 Å². The van der Waals surface area contributed by atoms with Gasteiger partial charge < -0.3 is 4.90 Å². The van der Waals surface area contributed by atoms with Gasteiger partial charge in [-0.05, 0) is 62.2 Å². The van der Waals surface area contributed by atoms with Gasteiger partial charge >= 0.3 is 0 Å². The molecule has 7 heteroatoms. The van der Waals surface area contributed by atoms with Gasteiger partial charge in [-0.25, -0.2) is 13.1 Å². The average molecular weight is 395 g/mol. The Kier molecular flexibility index (Phi) is 7.20. The fraction of sp³-hybridized carbons (Fsp3) is 0.316. The highest BCUT2D eigenvalue weighted by Crippen LogP contribution is 2.14. The zero-order chi connectivity index (χ0) is 19.2. The Bertz CT molecular complexity index is 847. The molecular formula is C19H23ClN2O3S. The molecule has 0 aliphatic rings. The van der Waals surface area contributed by atoms with Gasteiger partial charge in [-0.2, -0.15) is 0 Å². The molecule has 0 saturated carbocycles. The molecule has 5 nitrogen and oxygen atoms in total. The van der Waals surface area contributed by atoms with Crippen LogP contribution in [-0.2, 0) is 16.4 Å². The van der Waals surface area contributed by atoms with Crippen LogP contribution in [0.1, 0.15) is 29.8 Å². The number of sulfonamides is 1. The molecule has 0 fully saturated rings. The summed E-state index contributed by atoms with van der Waals surface area (Å²) in [6.45, 7) is 5.30. The van der Waals surface area contributed by atoms with Crippen LogP contribution in [-0.4, -0.2) is 38.9 Å². The van der Waals surface area contributed by atoms with Gasteiger partial charge in [0.05, 0.1) is 4.90 Å². The zero-order valence-corrected chi connectivity index (χ0v) is 16.5. The van der Waals surface area contributed by atoms with Crippen LogP contribution in [0, 0.1) is 0 Å². The van der Waals surface area contributed by atoms with Gasteiger partial charge in [0.2, 0.25) is 10.0 Å². The standard InChI is InChI=1S/C19H23ClN2O3S/c1-3-22(4-2)19(23)16-8-10-18(11-9-16)26(24,25)21-13-12-15-6-5-7-17(20)14-15/h5-11,14,21H,3-4,12-13H2,1-2H3. The minimum absolute atomic E-state index is 0.104. The first-order valence-electron chi connectivity index (χ1n) is 8.50. The van der Waals surface area contributed by atoms with E-state index in [0.717, 1.165) is 5.56 Å². The molecule has 0 aliphatic heterocycles. The van der Waals surface area contributed by atoms with E-state index in [2.05, 4.69) is 4.72 Å². The predicted octanol–water partition coefficient (Wildman–Crippen LogP) is 3.34. The lowest BCUT2D eigenvalue weighted by Gasteiger charge is -2.18. The van der Waals surface area contributed by atoms with Crippen molar-refractivity contribution in [3.05, 3.63) is 64.7 Å². The summed E-state index contributed by atoms with van der Waals surface area (Å²) in [5.74, 6) is -0.104. The zero-order valence-electron chi connectivity index (χ0n) is 14.9. The van der Waals surface area contributed by atoms with Crippen LogP contribution in [0.4, 0.5) is 0 Å². The van der Waals surface area contributed by atoms with Gasteiger partial charge in [-0.3, -0.25) is 4.79 Å². The van der Waals surface area contributed by atoms with Crippen LogP contribution in [0.2, 0.25) is 5.02 Å². The summed E-state index contributed by atoms with van der Waals surface area (Å²) in [5, 5.41) is 0.624. The van der Waals surface area contributed by atoms with Crippen LogP contribution < -0.4 is 4.72 Å². The fourth-order valence-electron chi connectivity index (χ4n) is 2.58. The molecule has 0 unspecified atom stereocenters. The van der Waals surface area contributed by atoms with Gasteiger partial charge in [0.1, 0.15) is 0 Å². The Morgan fingerprint density at radius 1 is 1.08 bits per heavy atom. The number of amides is 1. The summed E-state index contributed by atoms with van der Waals surface area (Å²) in [7, 11) is -3.62. The summed E-state index contributed by atoms with van der Waals surface area (Å²) in [4.78, 5) is 14.1. The molecule has 0 atom stereocenters. The van der Waals surface area contributed by atoms with Crippen molar-refractivity contribution in [3.63, 3.8) is 0 Å². The van der Waals surface area contributed by atoms with E-state index in [-0.39, 0.29) is 17.3 Å². The van der Waals surface area contributed by atoms with E-state index in [1.165, 1.54) is 12.1 Å². The van der Waals surface area contributed by atoms with Crippen molar-refractivity contribution in [3.8, 4) is 0 Å². The summed E-state index contributed by atoms with van der Waals surface area (Å²) >= 11 is 5.92. The largest absolute Gasteiger partial charge is 0.339 e. The lowest BCUT2D eigenvalue weighted by Crippen LogP contribution is -2.30. The number of carbonyl (C=O) groups is 1. The van der Waals surface area contributed by atoms with Gasteiger partial charge in [0.25, 0.3) is 5.91 Å². The molecule has 1 amide bonds. The minimum Gasteiger partial charge on any atom is -0.339 e. The number of hydrogen-bond donors (Lipinski definition) is 1. The summed E-state index contributed by atoms with van der Waals surface area (Å²) in [6, 6.07) is 13.3. The number of rotatable bonds is 8. The number of benzene rings is 2. The van der Waals surface area contributed by atoms with E-state index < -0.39 is 10.0 Å². The smallest absolute Gasteiger partial charge is 0.253 e. The van der Waals surface area contributed by atoms with E-state index in [1.807, 2.05) is 32.0 Å². The molecule has 0 heterocycles. The second-order valence-corrected chi connectivity index (χ2v) is 7.98. The molecule has 140 valence electrons. The molecule has 0 spiro atoms. The molecule has 0 saturated heterocycles. The van der Waals surface area contributed by atoms with Crippen LogP contribution in [0.15, 0.2) is 53.4 Å². The molecule has 2 aromatic rings. The van der Waals surface area contributed by atoms with Gasteiger partial charge in [0.15, 0.2) is 0 Å². The van der Waals surface area contributed by atoms with Crippen molar-refractivity contribution in [1.29, 1.82) is 0 Å². The first-order valence-corrected chi connectivity index (χ1v) is 10.4. The van der Waals surface area contributed by atoms with Crippen molar-refractivity contribution in [2.45, 2.75) is 25.2 Å². The number of carbonyl (C=O) groups excluding carboxylic acids is 1. The third-order valence-electron chi connectivity index (χ3n) is 4.06. The highest BCUT2D eigenvalue weighted by atomic mass is 35.5. The summed E-state index contributed by atoms with van der Waals surface area (Å²) in [5.41, 5.74) is 1.44. The molecule has 2 aromatic carbocycles. The number of hydrogen-bond acceptors (Lipinski definition) is 3. The second-order valence-electron chi connectivity index (χ2n) is 5.78. The highest BCUT2D eigenvalue weighted by molar-refractivity contribution is 7.89. The molecular weight excluding hydrogens is 372 g/mol. The third kappa shape index (κ3) is 5.30. The molecule has 0 bridgehead atoms. The van der Waals surface area contributed by atoms with Gasteiger partial charge in [-0.15, -0.1) is 0 Å². The van der Waals surface area contributed by atoms with Crippen LogP contribution >= 0.6 is 11.6 Å². The van der Waals surface area contributed by atoms with E-state index in [4.69, 9.17) is 11.6 Å². The molecule has 2 rings (SSSR count). The summed E-state index contributed by atoms with van der Waals surface area (Å²) < 4.78 is 27.3. The Morgan fingerprint density at radius 2 is 1.73 bits per heavy atom. The topological polar surface area (TPSA) is 66.5 Å². The Hall–Kier alpha value is -1.89.